The molecule has 0 saturated carbocycles. The maximum atomic E-state index is 12.2. The molecule has 0 amide bonds. The highest BCUT2D eigenvalue weighted by Gasteiger charge is 2.44. The van der Waals surface area contributed by atoms with Gasteiger partial charge >= 0.3 is 24.3 Å². The number of nitrogens with zero attached hydrogens (tertiary/aromatic N) is 1. The Balaban J connectivity index is -0.000000236. The van der Waals surface area contributed by atoms with Gasteiger partial charge in [-0.25, -0.2) is 9.59 Å². The fourth-order valence-electron chi connectivity index (χ4n) is 1.59. The van der Waals surface area contributed by atoms with Crippen LogP contribution in [0.2, 0.25) is 0 Å². The molecule has 0 aliphatic carbocycles. The number of ether oxygens (including phenoxy) is 3. The molecular weight excluding hydrogens is 510 g/mol. The lowest BCUT2D eigenvalue weighted by atomic mass is 10.2. The molecule has 1 aromatic heterocycles. The first-order valence-corrected chi connectivity index (χ1v) is 9.54. The van der Waals surface area contributed by atoms with Gasteiger partial charge in [-0.2, -0.15) is 31.4 Å². The van der Waals surface area contributed by atoms with Crippen molar-refractivity contribution in [3.8, 4) is 0 Å². The minimum Gasteiger partial charge on any atom is -0.500 e. The molecule has 0 fully saturated rings. The number of alkyl halides is 6. The number of aromatic nitrogens is 2. The summed E-state index contributed by atoms with van der Waals surface area (Å²) in [5.41, 5.74) is -2.94. The first-order valence-electron chi connectivity index (χ1n) is 9.54. The van der Waals surface area contributed by atoms with Gasteiger partial charge in [0.05, 0.1) is 26.0 Å². The van der Waals surface area contributed by atoms with Crippen LogP contribution >= 0.6 is 0 Å². The number of aromatic amines is 1. The Morgan fingerprint density at radius 2 is 1.47 bits per heavy atom. The lowest BCUT2D eigenvalue weighted by Gasteiger charge is -2.08. The number of halogens is 6. The van der Waals surface area contributed by atoms with Gasteiger partial charge in [0.2, 0.25) is 0 Å². The largest absolute Gasteiger partial charge is 0.500 e. The van der Waals surface area contributed by atoms with Crippen LogP contribution < -0.4 is 11.7 Å². The van der Waals surface area contributed by atoms with Gasteiger partial charge in [0.25, 0.3) is 5.78 Å². The molecule has 17 heteroatoms. The molecule has 212 valence electrons. The van der Waals surface area contributed by atoms with E-state index >= 15 is 0 Å². The summed E-state index contributed by atoms with van der Waals surface area (Å²) < 4.78 is 86.1. The van der Waals surface area contributed by atoms with Crippen molar-refractivity contribution in [2.75, 3.05) is 26.4 Å². The Bertz CT molecular complexity index is 781. The van der Waals surface area contributed by atoms with E-state index in [4.69, 9.17) is 5.11 Å². The standard InChI is InChI=1S/C9H11F3O4.C7H7F3N2O2.C2H6O.CH4.H4N2/c1-3-15-5-6(8(14)16-4-2)7(13)9(10,11)12;1-2-14-6(13)4-3-11-12-5(4)7(8,9)10;1-2-3;;1-2/h5H,3-4H2,1-2H3;3H,2H2,1H3,(H,11,12);3H,2H2,1H3;1H4;1-2H2/b6-5+;;;;. The van der Waals surface area contributed by atoms with Crippen LogP contribution in [0.5, 0.6) is 0 Å². The SMILES string of the molecule is C.CCO.CCO/C=C(/C(=O)OCC)C(=O)C(F)(F)F.CCOC(=O)c1cn[nH]c1C(F)(F)F.NN. The maximum Gasteiger partial charge on any atom is 0.455 e. The summed E-state index contributed by atoms with van der Waals surface area (Å²) in [6.45, 7) is 6.26. The van der Waals surface area contributed by atoms with E-state index in [9.17, 15) is 40.7 Å². The average Bonchev–Trinajstić information content (AvgIpc) is 3.27. The molecular formula is C19H32F6N4O7. The second kappa shape index (κ2) is 21.1. The summed E-state index contributed by atoms with van der Waals surface area (Å²) in [6, 6.07) is 0. The molecule has 0 aliphatic rings. The number of esters is 2. The Hall–Kier alpha value is -3.18. The molecule has 1 aromatic rings. The van der Waals surface area contributed by atoms with Crippen LogP contribution in [-0.2, 0) is 30.0 Å². The number of hydrazine groups is 1. The molecule has 11 nitrogen and oxygen atoms in total. The Morgan fingerprint density at radius 1 is 1.00 bits per heavy atom. The molecule has 1 rings (SSSR count). The van der Waals surface area contributed by atoms with E-state index in [0.29, 0.717) is 6.26 Å². The summed E-state index contributed by atoms with van der Waals surface area (Å²) in [5.74, 6) is 3.34. The molecule has 36 heavy (non-hydrogen) atoms. The van der Waals surface area contributed by atoms with E-state index in [1.54, 1.807) is 12.0 Å². The van der Waals surface area contributed by atoms with Gasteiger partial charge in [-0.15, -0.1) is 0 Å². The van der Waals surface area contributed by atoms with Crippen LogP contribution in [0.3, 0.4) is 0 Å². The Morgan fingerprint density at radius 3 is 1.83 bits per heavy atom. The van der Waals surface area contributed by atoms with Gasteiger partial charge in [-0.05, 0) is 27.7 Å². The number of Topliss-reactive ketones (excluding diaryl/α,β-unsaturated/α-hetero) is 1. The van der Waals surface area contributed by atoms with Crippen LogP contribution in [0.25, 0.3) is 0 Å². The third-order valence-electron chi connectivity index (χ3n) is 2.78. The van der Waals surface area contributed by atoms with Crippen molar-refractivity contribution in [3.63, 3.8) is 0 Å². The molecule has 0 aliphatic heterocycles. The number of H-pyrrole nitrogens is 1. The van der Waals surface area contributed by atoms with Gasteiger partial charge in [0, 0.05) is 6.61 Å². The van der Waals surface area contributed by atoms with Gasteiger partial charge < -0.3 is 19.3 Å². The second-order valence-corrected chi connectivity index (χ2v) is 5.23. The van der Waals surface area contributed by atoms with Crippen LogP contribution in [0.1, 0.15) is 51.2 Å². The van der Waals surface area contributed by atoms with Crippen molar-refractivity contribution in [2.24, 2.45) is 11.7 Å². The van der Waals surface area contributed by atoms with Crippen molar-refractivity contribution in [2.45, 2.75) is 47.5 Å². The fraction of sp³-hybridized carbons (Fsp3) is 0.579. The number of hydrogen-bond donors (Lipinski definition) is 4. The smallest absolute Gasteiger partial charge is 0.455 e. The summed E-state index contributed by atoms with van der Waals surface area (Å²) in [6.07, 6.45) is -8.50. The number of hydrogen-bond acceptors (Lipinski definition) is 10. The van der Waals surface area contributed by atoms with E-state index < -0.39 is 46.9 Å². The van der Waals surface area contributed by atoms with Gasteiger partial charge in [0.15, 0.2) is 5.69 Å². The quantitative estimate of drug-likeness (QED) is 0.0585. The summed E-state index contributed by atoms with van der Waals surface area (Å²) in [7, 11) is 0. The summed E-state index contributed by atoms with van der Waals surface area (Å²) in [4.78, 5) is 32.8. The molecule has 0 spiro atoms. The van der Waals surface area contributed by atoms with Crippen LogP contribution in [0.15, 0.2) is 18.0 Å². The molecule has 0 unspecified atom stereocenters. The molecule has 1 heterocycles. The number of ketones is 1. The highest BCUT2D eigenvalue weighted by molar-refractivity contribution is 6.19. The van der Waals surface area contributed by atoms with E-state index in [1.807, 2.05) is 0 Å². The van der Waals surface area contributed by atoms with Crippen molar-refractivity contribution in [1.82, 2.24) is 10.2 Å². The molecule has 6 N–H and O–H groups in total. The maximum absolute atomic E-state index is 12.2. The highest BCUT2D eigenvalue weighted by atomic mass is 19.4. The van der Waals surface area contributed by atoms with E-state index in [1.165, 1.54) is 20.8 Å². The minimum absolute atomic E-state index is 0. The second-order valence-electron chi connectivity index (χ2n) is 5.23. The zero-order valence-electron chi connectivity index (χ0n) is 19.2. The average molecular weight is 542 g/mol. The zero-order chi connectivity index (χ0) is 28.2. The monoisotopic (exact) mass is 542 g/mol. The highest BCUT2D eigenvalue weighted by Crippen LogP contribution is 2.30. The zero-order valence-corrected chi connectivity index (χ0v) is 19.2. The number of nitrogens with two attached hydrogens (primary N) is 2. The number of carbonyl (C=O) groups excluding carboxylic acids is 3. The van der Waals surface area contributed by atoms with Crippen LogP contribution in [-0.4, -0.2) is 65.6 Å². The lowest BCUT2D eigenvalue weighted by molar-refractivity contribution is -0.169. The minimum atomic E-state index is -5.13. The van der Waals surface area contributed by atoms with Gasteiger partial charge in [-0.3, -0.25) is 21.6 Å². The van der Waals surface area contributed by atoms with Gasteiger partial charge in [0.1, 0.15) is 17.4 Å². The number of aliphatic hydroxyl groups excluding tert-OH is 1. The lowest BCUT2D eigenvalue weighted by Crippen LogP contribution is -2.29. The van der Waals surface area contributed by atoms with Crippen molar-refractivity contribution in [1.29, 1.82) is 0 Å². The predicted octanol–water partition coefficient (Wildman–Crippen LogP) is 2.66. The van der Waals surface area contributed by atoms with E-state index in [-0.39, 0.29) is 33.9 Å². The van der Waals surface area contributed by atoms with Crippen molar-refractivity contribution >= 4 is 17.7 Å². The molecule has 0 bridgehead atoms. The molecule has 0 atom stereocenters. The first kappa shape index (κ1) is 40.0. The van der Waals surface area contributed by atoms with Gasteiger partial charge in [-0.1, -0.05) is 7.43 Å². The van der Waals surface area contributed by atoms with Crippen LogP contribution in [0, 0.1) is 0 Å². The third kappa shape index (κ3) is 16.4. The Kier molecular flexibility index (Phi) is 23.5. The summed E-state index contributed by atoms with van der Waals surface area (Å²) >= 11 is 0. The van der Waals surface area contributed by atoms with Crippen molar-refractivity contribution in [3.05, 3.63) is 29.3 Å². The number of aliphatic hydroxyl groups is 1. The third-order valence-corrected chi connectivity index (χ3v) is 2.78. The van der Waals surface area contributed by atoms with E-state index in [0.717, 1.165) is 6.20 Å². The molecule has 0 radical (unpaired) electrons. The number of rotatable bonds is 7. The Labute approximate surface area is 203 Å². The molecule has 0 aromatic carbocycles. The van der Waals surface area contributed by atoms with E-state index in [2.05, 4.69) is 31.0 Å². The summed E-state index contributed by atoms with van der Waals surface area (Å²) in [5, 5.41) is 12.4. The predicted molar refractivity (Wildman–Crippen MR) is 115 cm³/mol. The number of nitrogens with one attached hydrogen (secondary N) is 1. The fourth-order valence-corrected chi connectivity index (χ4v) is 1.59. The van der Waals surface area contributed by atoms with Crippen molar-refractivity contribution < 1.29 is 60.0 Å². The topological polar surface area (TPSA) is 180 Å². The van der Waals surface area contributed by atoms with Crippen LogP contribution in [0.4, 0.5) is 26.3 Å². The number of carbonyl (C=O) groups is 3. The normalized spacial score (nSPS) is 10.5. The molecule has 0 saturated heterocycles. The first-order chi connectivity index (χ1) is 16.2.